The molecule has 0 spiro atoms. The summed E-state index contributed by atoms with van der Waals surface area (Å²) in [7, 11) is 0.0997. The minimum absolute atomic E-state index is 0.0238. The molecule has 2 N–H and O–H groups in total. The van der Waals surface area contributed by atoms with E-state index in [9.17, 15) is 14.4 Å². The lowest BCUT2D eigenvalue weighted by molar-refractivity contribution is -0.0840. The quantitative estimate of drug-likeness (QED) is 0.560. The van der Waals surface area contributed by atoms with Crippen LogP contribution in [0.15, 0.2) is 0 Å². The van der Waals surface area contributed by atoms with Crippen LogP contribution in [-0.2, 0) is 35.3 Å². The van der Waals surface area contributed by atoms with Crippen molar-refractivity contribution in [3.63, 3.8) is 0 Å². The fraction of sp³-hybridized carbons (Fsp3) is 1.00. The second-order valence-corrected chi connectivity index (χ2v) is 14.0. The van der Waals surface area contributed by atoms with E-state index in [1.165, 1.54) is 6.66 Å². The molecule has 0 bridgehead atoms. The first-order valence-corrected chi connectivity index (χ1v) is 14.5. The van der Waals surface area contributed by atoms with Gasteiger partial charge in [-0.15, -0.1) is 0 Å². The van der Waals surface area contributed by atoms with Crippen LogP contribution in [0.1, 0.15) is 13.8 Å². The first kappa shape index (κ1) is 26.6. The molecule has 2 fully saturated rings. The van der Waals surface area contributed by atoms with Gasteiger partial charge in [0.15, 0.2) is 0 Å². The van der Waals surface area contributed by atoms with Gasteiger partial charge in [-0.2, -0.15) is 0 Å². The molecule has 0 saturated carbocycles. The molecule has 2 rings (SSSR count). The van der Waals surface area contributed by atoms with Crippen LogP contribution in [0.3, 0.4) is 0 Å². The molecular formula is C16H36N2O7P2S. The first-order chi connectivity index (χ1) is 12.9. The minimum atomic E-state index is -3.14. The molecule has 2 saturated heterocycles. The van der Waals surface area contributed by atoms with E-state index in [2.05, 4.69) is 0 Å². The standard InChI is InChI=1S/C8H18NO4P.C8H18NO3PS/c1-7-4-9(14(3,10)11)5-8(13-7)6-12-2;1-7-4-9(13(3,10)14)5-8(12-7)6-11-2/h7-8H,4-6H2,1-3H3,(H,10,11);7-8H,4-6H2,1-3H3,(H,10,14)/t7-,8-;7-,8-,13?/m00/s1. The molecule has 0 amide bonds. The van der Waals surface area contributed by atoms with Crippen LogP contribution >= 0.6 is 13.9 Å². The molecule has 0 radical (unpaired) electrons. The van der Waals surface area contributed by atoms with Gasteiger partial charge in [0.1, 0.15) is 6.42 Å². The Morgan fingerprint density at radius 1 is 0.929 bits per heavy atom. The Morgan fingerprint density at radius 2 is 1.32 bits per heavy atom. The lowest BCUT2D eigenvalue weighted by atomic mass is 10.2. The Bertz CT molecular complexity index is 511. The highest BCUT2D eigenvalue weighted by Gasteiger charge is 2.33. The van der Waals surface area contributed by atoms with Crippen molar-refractivity contribution in [2.24, 2.45) is 0 Å². The van der Waals surface area contributed by atoms with Gasteiger partial charge in [0.05, 0.1) is 37.6 Å². The highest BCUT2D eigenvalue weighted by atomic mass is 32.4. The lowest BCUT2D eigenvalue weighted by Crippen LogP contribution is -2.46. The van der Waals surface area contributed by atoms with Crippen LogP contribution in [-0.4, -0.2) is 110 Å². The zero-order chi connectivity index (χ0) is 21.5. The van der Waals surface area contributed by atoms with Crippen LogP contribution in [0.4, 0.5) is 0 Å². The Labute approximate surface area is 173 Å². The summed E-state index contributed by atoms with van der Waals surface area (Å²) in [5.41, 5.74) is 0. The van der Waals surface area contributed by atoms with Crippen LogP contribution in [0.2, 0.25) is 0 Å². The van der Waals surface area contributed by atoms with Crippen molar-refractivity contribution in [2.75, 3.05) is 66.9 Å². The fourth-order valence-electron chi connectivity index (χ4n) is 3.20. The topological polar surface area (TPSA) is 101 Å². The van der Waals surface area contributed by atoms with Crippen molar-refractivity contribution < 1.29 is 33.3 Å². The normalized spacial score (nSPS) is 34.0. The van der Waals surface area contributed by atoms with E-state index in [1.807, 2.05) is 18.5 Å². The SMILES string of the molecule is COC[C@@H]1CN(P(C)(=O)O)C[C@H](C)O1.COC[C@@H]1CN(P(C)(O)=S)C[C@H](C)O1. The van der Waals surface area contributed by atoms with Crippen molar-refractivity contribution in [3.05, 3.63) is 0 Å². The first-order valence-electron chi connectivity index (χ1n) is 9.27. The maximum Gasteiger partial charge on any atom is 0.267 e. The van der Waals surface area contributed by atoms with E-state index in [-0.39, 0.29) is 24.4 Å². The van der Waals surface area contributed by atoms with Gasteiger partial charge in [-0.25, -0.2) is 9.34 Å². The third-order valence-corrected chi connectivity index (χ3v) is 7.81. The monoisotopic (exact) mass is 462 g/mol. The van der Waals surface area contributed by atoms with Gasteiger partial charge in [0.2, 0.25) is 0 Å². The molecule has 168 valence electrons. The molecule has 0 aliphatic carbocycles. The summed E-state index contributed by atoms with van der Waals surface area (Å²) in [6.45, 7) is 10.3. The zero-order valence-electron chi connectivity index (χ0n) is 17.7. The average molecular weight is 462 g/mol. The molecule has 0 aromatic carbocycles. The number of hydrogen-bond acceptors (Lipinski definition) is 6. The molecule has 6 atom stereocenters. The van der Waals surface area contributed by atoms with E-state index in [1.54, 1.807) is 25.6 Å². The van der Waals surface area contributed by atoms with Crippen molar-refractivity contribution in [2.45, 2.75) is 38.3 Å². The van der Waals surface area contributed by atoms with Crippen molar-refractivity contribution in [3.8, 4) is 0 Å². The Balaban J connectivity index is 0.000000280. The number of rotatable bonds is 6. The number of ether oxygens (including phenoxy) is 4. The molecule has 2 aliphatic rings. The second-order valence-electron chi connectivity index (χ2n) is 7.46. The molecule has 12 heteroatoms. The Morgan fingerprint density at radius 3 is 1.68 bits per heavy atom. The third kappa shape index (κ3) is 9.58. The lowest BCUT2D eigenvalue weighted by Gasteiger charge is -2.39. The average Bonchev–Trinajstić information content (AvgIpc) is 2.53. The fourth-order valence-corrected chi connectivity index (χ4v) is 5.64. The predicted molar refractivity (Wildman–Crippen MR) is 114 cm³/mol. The van der Waals surface area contributed by atoms with Gasteiger partial charge >= 0.3 is 0 Å². The van der Waals surface area contributed by atoms with Gasteiger partial charge in [-0.1, -0.05) is 11.8 Å². The van der Waals surface area contributed by atoms with Gasteiger partial charge in [-0.3, -0.25) is 4.57 Å². The summed E-state index contributed by atoms with van der Waals surface area (Å²) in [6, 6.07) is 0. The van der Waals surface area contributed by atoms with Crippen molar-refractivity contribution in [1.82, 2.24) is 9.34 Å². The third-order valence-electron chi connectivity index (χ3n) is 4.37. The number of nitrogens with zero attached hydrogens (tertiary/aromatic N) is 2. The van der Waals surface area contributed by atoms with Crippen LogP contribution in [0.5, 0.6) is 0 Å². The Kier molecular flexibility index (Phi) is 11.2. The van der Waals surface area contributed by atoms with Gasteiger partial charge in [0, 0.05) is 53.7 Å². The van der Waals surface area contributed by atoms with Crippen LogP contribution < -0.4 is 0 Å². The van der Waals surface area contributed by atoms with E-state index in [0.717, 1.165) is 0 Å². The van der Waals surface area contributed by atoms with Crippen LogP contribution in [0, 0.1) is 0 Å². The summed E-state index contributed by atoms with van der Waals surface area (Å²) in [5, 5.41) is 0. The summed E-state index contributed by atoms with van der Waals surface area (Å²) in [6.07, 6.45) is -2.30. The van der Waals surface area contributed by atoms with E-state index in [4.69, 9.17) is 30.8 Å². The van der Waals surface area contributed by atoms with E-state index in [0.29, 0.717) is 39.4 Å². The molecule has 2 heterocycles. The van der Waals surface area contributed by atoms with E-state index >= 15 is 0 Å². The predicted octanol–water partition coefficient (Wildman–Crippen LogP) is 1.19. The maximum atomic E-state index is 11.5. The maximum absolute atomic E-state index is 11.5. The largest absolute Gasteiger partial charge is 0.382 e. The minimum Gasteiger partial charge on any atom is -0.382 e. The van der Waals surface area contributed by atoms with Gasteiger partial charge < -0.3 is 28.7 Å². The molecule has 0 aromatic heterocycles. The number of morpholine rings is 2. The Hall–Kier alpha value is 0.560. The summed E-state index contributed by atoms with van der Waals surface area (Å²) >= 11 is 5.09. The highest BCUT2D eigenvalue weighted by Crippen LogP contribution is 2.43. The van der Waals surface area contributed by atoms with E-state index < -0.39 is 13.9 Å². The molecule has 0 aromatic rings. The summed E-state index contributed by atoms with van der Waals surface area (Å²) in [5.74, 6) is 0. The van der Waals surface area contributed by atoms with Gasteiger partial charge in [0.25, 0.3) is 7.52 Å². The molecule has 9 nitrogen and oxygen atoms in total. The summed E-state index contributed by atoms with van der Waals surface area (Å²) in [4.78, 5) is 19.2. The second kappa shape index (κ2) is 11.8. The van der Waals surface area contributed by atoms with Crippen molar-refractivity contribution >= 4 is 25.7 Å². The highest BCUT2D eigenvalue weighted by molar-refractivity contribution is 8.10. The van der Waals surface area contributed by atoms with Gasteiger partial charge in [-0.05, 0) is 13.8 Å². The molecule has 2 unspecified atom stereocenters. The molecule has 2 aliphatic heterocycles. The smallest absolute Gasteiger partial charge is 0.267 e. The number of hydrogen-bond donors (Lipinski definition) is 2. The van der Waals surface area contributed by atoms with Crippen LogP contribution in [0.25, 0.3) is 0 Å². The molecule has 28 heavy (non-hydrogen) atoms. The zero-order valence-corrected chi connectivity index (χ0v) is 20.3. The molecular weight excluding hydrogens is 426 g/mol. The van der Waals surface area contributed by atoms with Crippen molar-refractivity contribution in [1.29, 1.82) is 0 Å². The number of methoxy groups -OCH3 is 2. The summed E-state index contributed by atoms with van der Waals surface area (Å²) < 4.78 is 36.2.